The van der Waals surface area contributed by atoms with Gasteiger partial charge in [0.25, 0.3) is 0 Å². The number of anilines is 2. The molecule has 10 nitrogen and oxygen atoms in total. The van der Waals surface area contributed by atoms with Crippen molar-refractivity contribution < 1.29 is 28.7 Å². The van der Waals surface area contributed by atoms with E-state index in [1.54, 1.807) is 63.1 Å². The second-order valence-electron chi connectivity index (χ2n) is 14.4. The maximum atomic E-state index is 13.3. The van der Waals surface area contributed by atoms with Gasteiger partial charge in [0.1, 0.15) is 23.3 Å². The zero-order valence-corrected chi connectivity index (χ0v) is 32.4. The summed E-state index contributed by atoms with van der Waals surface area (Å²) < 4.78 is 10.9. The molecule has 4 aromatic carbocycles. The van der Waals surface area contributed by atoms with Crippen molar-refractivity contribution in [2.45, 2.75) is 90.5 Å². The molecular weight excluding hydrogens is 697 g/mol. The second-order valence-corrected chi connectivity index (χ2v) is 17.1. The van der Waals surface area contributed by atoms with Crippen LogP contribution in [-0.2, 0) is 19.1 Å². The molecule has 52 heavy (non-hydrogen) atoms. The van der Waals surface area contributed by atoms with Crippen LogP contribution in [0.25, 0.3) is 21.5 Å². The molecule has 4 aromatic rings. The number of nitrogens with one attached hydrogen (secondary N) is 4. The van der Waals surface area contributed by atoms with Crippen LogP contribution in [-0.4, -0.2) is 58.8 Å². The number of rotatable bonds is 15. The van der Waals surface area contributed by atoms with Gasteiger partial charge in [-0.25, -0.2) is 9.59 Å². The van der Waals surface area contributed by atoms with E-state index in [9.17, 15) is 19.2 Å². The number of alkyl carbamates (subject to hydrolysis) is 2. The molecule has 0 radical (unpaired) electrons. The first-order chi connectivity index (χ1) is 24.6. The van der Waals surface area contributed by atoms with Crippen LogP contribution >= 0.6 is 21.6 Å². The molecule has 4 amide bonds. The lowest BCUT2D eigenvalue weighted by molar-refractivity contribution is -0.119. The average Bonchev–Trinajstić information content (AvgIpc) is 3.06. The first kappa shape index (κ1) is 40.4. The average molecular weight is 747 g/mol. The third-order valence-corrected chi connectivity index (χ3v) is 10.2. The zero-order valence-electron chi connectivity index (χ0n) is 30.7. The van der Waals surface area contributed by atoms with Crippen LogP contribution in [0.4, 0.5) is 21.0 Å². The Hall–Kier alpha value is -4.42. The van der Waals surface area contributed by atoms with E-state index in [1.807, 2.05) is 84.9 Å². The summed E-state index contributed by atoms with van der Waals surface area (Å²) in [5.74, 6) is 0.846. The van der Waals surface area contributed by atoms with Gasteiger partial charge in [-0.05, 0) is 113 Å². The molecule has 0 aromatic heterocycles. The number of hydrogen-bond donors (Lipinski definition) is 4. The summed E-state index contributed by atoms with van der Waals surface area (Å²) in [6.45, 7) is 10.7. The van der Waals surface area contributed by atoms with Crippen LogP contribution in [0.1, 0.15) is 67.2 Å². The molecule has 0 aliphatic heterocycles. The van der Waals surface area contributed by atoms with Crippen LogP contribution in [0.3, 0.4) is 0 Å². The van der Waals surface area contributed by atoms with Crippen LogP contribution in [0.5, 0.6) is 0 Å². The maximum absolute atomic E-state index is 13.3. The molecule has 0 unspecified atom stereocenters. The normalized spacial score (nSPS) is 12.8. The van der Waals surface area contributed by atoms with Crippen molar-refractivity contribution in [3.05, 3.63) is 84.9 Å². The van der Waals surface area contributed by atoms with Gasteiger partial charge in [-0.3, -0.25) is 9.59 Å². The lowest BCUT2D eigenvalue weighted by atomic mass is 10.1. The lowest BCUT2D eigenvalue weighted by Crippen LogP contribution is -2.45. The Morgan fingerprint density at radius 2 is 0.923 bits per heavy atom. The fourth-order valence-electron chi connectivity index (χ4n) is 5.24. The van der Waals surface area contributed by atoms with Crippen molar-refractivity contribution in [3.63, 3.8) is 0 Å². The predicted molar refractivity (Wildman–Crippen MR) is 215 cm³/mol. The summed E-state index contributed by atoms with van der Waals surface area (Å²) in [5.41, 5.74) is -0.103. The Balaban J connectivity index is 1.26. The van der Waals surface area contributed by atoms with E-state index in [-0.39, 0.29) is 11.8 Å². The van der Waals surface area contributed by atoms with Gasteiger partial charge in [-0.2, -0.15) is 0 Å². The standard InChI is InChI=1S/C40H50N4O6S2/c1-39(2,3)49-37(47)43-33(35(45)41-31-21-19-27-13-7-9-15-29(27)25-31)17-11-23-51-52-24-12-18-34(44-38(48)50-40(4,5)6)36(46)42-32-22-20-28-14-8-10-16-30(28)26-32/h7-10,13-16,19-22,25-26,33-34H,11-12,17-18,23-24H2,1-6H3,(H,41,45)(H,42,46)(H,43,47)(H,44,48)/t33-,34+. The smallest absolute Gasteiger partial charge is 0.408 e. The SMILES string of the molecule is CC(C)(C)OC(=O)N[C@@H](CCCSSCCC[C@@H](NC(=O)OC(C)(C)C)C(=O)Nc1ccc2ccccc2c1)C(=O)Nc1ccc2ccccc2c1. The van der Waals surface area contributed by atoms with E-state index in [0.29, 0.717) is 37.1 Å². The summed E-state index contributed by atoms with van der Waals surface area (Å²) >= 11 is 0. The van der Waals surface area contributed by atoms with Gasteiger partial charge < -0.3 is 30.7 Å². The Morgan fingerprint density at radius 3 is 1.29 bits per heavy atom. The van der Waals surface area contributed by atoms with Gasteiger partial charge >= 0.3 is 12.2 Å². The monoisotopic (exact) mass is 746 g/mol. The lowest BCUT2D eigenvalue weighted by Gasteiger charge is -2.23. The quantitative estimate of drug-likeness (QED) is 0.0699. The highest BCUT2D eigenvalue weighted by Gasteiger charge is 2.26. The minimum atomic E-state index is -0.785. The molecule has 4 N–H and O–H groups in total. The Morgan fingerprint density at radius 1 is 0.558 bits per heavy atom. The molecule has 0 saturated heterocycles. The highest BCUT2D eigenvalue weighted by atomic mass is 33.1. The third kappa shape index (κ3) is 14.0. The van der Waals surface area contributed by atoms with Crippen molar-refractivity contribution in [3.8, 4) is 0 Å². The molecule has 0 heterocycles. The van der Waals surface area contributed by atoms with Crippen LogP contribution in [0, 0.1) is 0 Å². The summed E-state index contributed by atoms with van der Waals surface area (Å²) in [6, 6.07) is 25.6. The van der Waals surface area contributed by atoms with Crippen molar-refractivity contribution in [1.82, 2.24) is 10.6 Å². The molecular formula is C40H50N4O6S2. The van der Waals surface area contributed by atoms with Crippen LogP contribution < -0.4 is 21.3 Å². The highest BCUT2D eigenvalue weighted by molar-refractivity contribution is 8.76. The van der Waals surface area contributed by atoms with Gasteiger partial charge in [0.15, 0.2) is 0 Å². The first-order valence-electron chi connectivity index (χ1n) is 17.5. The third-order valence-electron chi connectivity index (χ3n) is 7.57. The summed E-state index contributed by atoms with van der Waals surface area (Å²) in [7, 11) is 3.31. The van der Waals surface area contributed by atoms with Gasteiger partial charge in [0.2, 0.25) is 11.8 Å². The van der Waals surface area contributed by atoms with Gasteiger partial charge in [-0.1, -0.05) is 82.3 Å². The molecule has 2 atom stereocenters. The molecule has 0 bridgehead atoms. The first-order valence-corrected chi connectivity index (χ1v) is 20.0. The predicted octanol–water partition coefficient (Wildman–Crippen LogP) is 9.30. The van der Waals surface area contributed by atoms with Gasteiger partial charge in [0.05, 0.1) is 0 Å². The Kier molecular flexibility index (Phi) is 14.7. The van der Waals surface area contributed by atoms with Crippen LogP contribution in [0.15, 0.2) is 84.9 Å². The molecule has 0 aliphatic rings. The molecule has 0 fully saturated rings. The number of amides is 4. The van der Waals surface area contributed by atoms with Crippen molar-refractivity contribution in [1.29, 1.82) is 0 Å². The summed E-state index contributed by atoms with van der Waals surface area (Å²) in [4.78, 5) is 51.9. The van der Waals surface area contributed by atoms with E-state index in [1.165, 1.54) is 0 Å². The second kappa shape index (κ2) is 18.9. The van der Waals surface area contributed by atoms with Gasteiger partial charge in [0, 0.05) is 22.9 Å². The minimum absolute atomic E-state index is 0.315. The van der Waals surface area contributed by atoms with Gasteiger partial charge in [-0.15, -0.1) is 0 Å². The largest absolute Gasteiger partial charge is 0.444 e. The molecule has 0 aliphatic carbocycles. The minimum Gasteiger partial charge on any atom is -0.444 e. The number of carbonyl (C=O) groups is 4. The highest BCUT2D eigenvalue weighted by Crippen LogP contribution is 2.26. The number of fused-ring (bicyclic) bond motifs is 2. The van der Waals surface area contributed by atoms with E-state index in [2.05, 4.69) is 21.3 Å². The summed E-state index contributed by atoms with van der Waals surface area (Å²) in [6.07, 6.45) is 0.881. The van der Waals surface area contributed by atoms with Crippen LogP contribution in [0.2, 0.25) is 0 Å². The number of benzene rings is 4. The number of ether oxygens (including phenoxy) is 2. The topological polar surface area (TPSA) is 135 Å². The fourth-order valence-corrected chi connectivity index (χ4v) is 7.46. The van der Waals surface area contributed by atoms with Crippen molar-refractivity contribution in [2.24, 2.45) is 0 Å². The zero-order chi connectivity index (χ0) is 37.7. The van der Waals surface area contributed by atoms with E-state index in [4.69, 9.17) is 9.47 Å². The maximum Gasteiger partial charge on any atom is 0.408 e. The number of hydrogen-bond acceptors (Lipinski definition) is 8. The molecule has 0 saturated carbocycles. The molecule has 12 heteroatoms. The van der Waals surface area contributed by atoms with E-state index in [0.717, 1.165) is 33.1 Å². The fraction of sp³-hybridized carbons (Fsp3) is 0.400. The van der Waals surface area contributed by atoms with Crippen molar-refractivity contribution in [2.75, 3.05) is 22.1 Å². The Labute approximate surface area is 314 Å². The molecule has 4 rings (SSSR count). The molecule has 0 spiro atoms. The van der Waals surface area contributed by atoms with E-state index >= 15 is 0 Å². The number of carbonyl (C=O) groups excluding carboxylic acids is 4. The Bertz CT molecular complexity index is 1710. The summed E-state index contributed by atoms with van der Waals surface area (Å²) in [5, 5.41) is 15.5. The molecule has 278 valence electrons. The van der Waals surface area contributed by atoms with Crippen molar-refractivity contribution >= 4 is 78.5 Å². The van der Waals surface area contributed by atoms with E-state index < -0.39 is 35.5 Å².